The Morgan fingerprint density at radius 3 is 2.28 bits per heavy atom. The molecule has 0 bridgehead atoms. The van der Waals surface area contributed by atoms with E-state index in [2.05, 4.69) is 35.1 Å². The Labute approximate surface area is 198 Å². The second kappa shape index (κ2) is 12.0. The first-order valence-corrected chi connectivity index (χ1v) is 11.6. The summed E-state index contributed by atoms with van der Waals surface area (Å²) in [6, 6.07) is 11.0. The number of nitrogens with one attached hydrogen (secondary N) is 1. The van der Waals surface area contributed by atoms with E-state index in [4.69, 9.17) is 4.74 Å². The molecule has 0 unspecified atom stereocenters. The van der Waals surface area contributed by atoms with Crippen molar-refractivity contribution in [3.8, 4) is 5.75 Å². The molecule has 0 aromatic heterocycles. The molecule has 32 heavy (non-hydrogen) atoms. The maximum absolute atomic E-state index is 13.3. The summed E-state index contributed by atoms with van der Waals surface area (Å²) in [6.07, 6.45) is 0. The van der Waals surface area contributed by atoms with Crippen LogP contribution in [0.4, 0.5) is 4.39 Å². The Bertz CT molecular complexity index is 916. The van der Waals surface area contributed by atoms with Gasteiger partial charge in [-0.05, 0) is 70.1 Å². The largest absolute Gasteiger partial charge is 0.483 e. The van der Waals surface area contributed by atoms with Crippen LogP contribution in [0.15, 0.2) is 46.9 Å². The number of nitrogens with zero attached hydrogens (tertiary/aromatic N) is 1. The molecule has 0 aliphatic rings. The predicted molar refractivity (Wildman–Crippen MR) is 128 cm³/mol. The lowest BCUT2D eigenvalue weighted by molar-refractivity contribution is -0.142. The van der Waals surface area contributed by atoms with E-state index >= 15 is 0 Å². The van der Waals surface area contributed by atoms with Crippen LogP contribution in [0.1, 0.15) is 51.7 Å². The molecule has 0 aliphatic carbocycles. The highest BCUT2D eigenvalue weighted by atomic mass is 79.9. The smallest absolute Gasteiger partial charge is 0.261 e. The lowest BCUT2D eigenvalue weighted by Crippen LogP contribution is -2.49. The molecule has 174 valence electrons. The molecule has 1 N–H and O–H groups in total. The van der Waals surface area contributed by atoms with Gasteiger partial charge in [-0.1, -0.05) is 45.9 Å². The van der Waals surface area contributed by atoms with Crippen LogP contribution >= 0.6 is 15.9 Å². The van der Waals surface area contributed by atoms with Crippen molar-refractivity contribution in [2.75, 3.05) is 13.2 Å². The zero-order valence-corrected chi connectivity index (χ0v) is 20.9. The molecule has 2 aromatic rings. The topological polar surface area (TPSA) is 58.6 Å². The van der Waals surface area contributed by atoms with Gasteiger partial charge in [0.2, 0.25) is 5.91 Å². The van der Waals surface area contributed by atoms with Crippen molar-refractivity contribution in [2.45, 2.75) is 53.1 Å². The average molecular weight is 507 g/mol. The third kappa shape index (κ3) is 7.62. The summed E-state index contributed by atoms with van der Waals surface area (Å²) in [5, 5.41) is 2.87. The number of halogens is 2. The second-order valence-electron chi connectivity index (χ2n) is 8.60. The lowest BCUT2D eigenvalue weighted by Gasteiger charge is -2.29. The molecule has 0 heterocycles. The highest BCUT2D eigenvalue weighted by Crippen LogP contribution is 2.29. The van der Waals surface area contributed by atoms with E-state index in [0.717, 1.165) is 15.6 Å². The van der Waals surface area contributed by atoms with E-state index < -0.39 is 6.04 Å². The molecular formula is C25H32BrFN2O3. The van der Waals surface area contributed by atoms with Crippen LogP contribution in [0.25, 0.3) is 0 Å². The summed E-state index contributed by atoms with van der Waals surface area (Å²) >= 11 is 3.50. The monoisotopic (exact) mass is 506 g/mol. The molecule has 0 saturated heterocycles. The molecule has 2 rings (SSSR count). The van der Waals surface area contributed by atoms with Gasteiger partial charge in [-0.2, -0.15) is 0 Å². The Kier molecular flexibility index (Phi) is 9.69. The van der Waals surface area contributed by atoms with Crippen molar-refractivity contribution in [1.29, 1.82) is 0 Å². The van der Waals surface area contributed by atoms with Gasteiger partial charge < -0.3 is 15.0 Å². The molecule has 0 aliphatic heterocycles. The highest BCUT2D eigenvalue weighted by molar-refractivity contribution is 9.10. The summed E-state index contributed by atoms with van der Waals surface area (Å²) in [7, 11) is 0. The van der Waals surface area contributed by atoms with Crippen LogP contribution in [0, 0.1) is 11.7 Å². The van der Waals surface area contributed by atoms with Crippen LogP contribution in [-0.4, -0.2) is 35.9 Å². The van der Waals surface area contributed by atoms with E-state index in [0.29, 0.717) is 24.1 Å². The number of ether oxygens (including phenoxy) is 1. The SMILES string of the molecule is CC(C)CNC(=O)[C@H](C)N(Cc1ccc(F)cc1)C(=O)COc1ccc(C(C)C)cc1Br. The van der Waals surface area contributed by atoms with Crippen LogP contribution in [0.5, 0.6) is 5.75 Å². The number of benzene rings is 2. The standard InChI is InChI=1S/C25H32BrFN2O3/c1-16(2)13-28-25(31)18(5)29(14-19-6-9-21(27)10-7-19)24(30)15-32-23-11-8-20(17(3)4)12-22(23)26/h6-12,16-18H,13-15H2,1-5H3,(H,28,31)/t18-/m0/s1. The number of amides is 2. The third-order valence-electron chi connectivity index (χ3n) is 5.09. The van der Waals surface area contributed by atoms with Crippen molar-refractivity contribution in [3.05, 3.63) is 63.9 Å². The summed E-state index contributed by atoms with van der Waals surface area (Å²) in [6.45, 7) is 10.4. The normalized spacial score (nSPS) is 12.0. The molecule has 5 nitrogen and oxygen atoms in total. The van der Waals surface area contributed by atoms with Gasteiger partial charge in [-0.25, -0.2) is 4.39 Å². The summed E-state index contributed by atoms with van der Waals surface area (Å²) in [4.78, 5) is 27.2. The van der Waals surface area contributed by atoms with Gasteiger partial charge in [0, 0.05) is 13.1 Å². The molecule has 2 aromatic carbocycles. The average Bonchev–Trinajstić information content (AvgIpc) is 2.75. The molecule has 0 radical (unpaired) electrons. The van der Waals surface area contributed by atoms with Crippen molar-refractivity contribution < 1.29 is 18.7 Å². The van der Waals surface area contributed by atoms with Gasteiger partial charge in [0.25, 0.3) is 5.91 Å². The maximum Gasteiger partial charge on any atom is 0.261 e. The van der Waals surface area contributed by atoms with Gasteiger partial charge >= 0.3 is 0 Å². The zero-order chi connectivity index (χ0) is 23.8. The molecule has 0 saturated carbocycles. The van der Waals surface area contributed by atoms with Crippen molar-refractivity contribution in [3.63, 3.8) is 0 Å². The first kappa shape index (κ1) is 25.8. The van der Waals surface area contributed by atoms with Crippen LogP contribution in [0.3, 0.4) is 0 Å². The Hall–Kier alpha value is -2.41. The molecule has 0 spiro atoms. The first-order valence-electron chi connectivity index (χ1n) is 10.8. The quantitative estimate of drug-likeness (QED) is 0.476. The fraction of sp³-hybridized carbons (Fsp3) is 0.440. The van der Waals surface area contributed by atoms with E-state index in [1.165, 1.54) is 17.0 Å². The van der Waals surface area contributed by atoms with Gasteiger partial charge in [0.05, 0.1) is 4.47 Å². The molecule has 7 heteroatoms. The minimum Gasteiger partial charge on any atom is -0.483 e. The van der Waals surface area contributed by atoms with E-state index in [1.54, 1.807) is 19.1 Å². The van der Waals surface area contributed by atoms with Crippen molar-refractivity contribution >= 4 is 27.7 Å². The van der Waals surface area contributed by atoms with E-state index in [-0.39, 0.29) is 30.8 Å². The zero-order valence-electron chi connectivity index (χ0n) is 19.3. The van der Waals surface area contributed by atoms with Crippen molar-refractivity contribution in [1.82, 2.24) is 10.2 Å². The minimum absolute atomic E-state index is 0.173. The number of hydrogen-bond donors (Lipinski definition) is 1. The Morgan fingerprint density at radius 2 is 1.72 bits per heavy atom. The molecule has 2 amide bonds. The Balaban J connectivity index is 2.15. The molecule has 0 fully saturated rings. The molecule has 1 atom stereocenters. The summed E-state index contributed by atoms with van der Waals surface area (Å²) < 4.78 is 19.8. The number of rotatable bonds is 10. The van der Waals surface area contributed by atoms with Gasteiger partial charge in [-0.15, -0.1) is 0 Å². The fourth-order valence-corrected chi connectivity index (χ4v) is 3.55. The predicted octanol–water partition coefficient (Wildman–Crippen LogP) is 5.28. The lowest BCUT2D eigenvalue weighted by atomic mass is 10.0. The number of hydrogen-bond acceptors (Lipinski definition) is 3. The van der Waals surface area contributed by atoms with E-state index in [1.807, 2.05) is 32.0 Å². The molecular weight excluding hydrogens is 475 g/mol. The van der Waals surface area contributed by atoms with Gasteiger partial charge in [0.1, 0.15) is 17.6 Å². The third-order valence-corrected chi connectivity index (χ3v) is 5.71. The number of carbonyl (C=O) groups excluding carboxylic acids is 2. The summed E-state index contributed by atoms with van der Waals surface area (Å²) in [5.41, 5.74) is 1.88. The van der Waals surface area contributed by atoms with Crippen molar-refractivity contribution in [2.24, 2.45) is 5.92 Å². The highest BCUT2D eigenvalue weighted by Gasteiger charge is 2.26. The number of carbonyl (C=O) groups is 2. The Morgan fingerprint density at radius 1 is 1.06 bits per heavy atom. The van der Waals surface area contributed by atoms with Gasteiger partial charge in [-0.3, -0.25) is 9.59 Å². The summed E-state index contributed by atoms with van der Waals surface area (Å²) in [5.74, 6) is 0.298. The minimum atomic E-state index is -0.707. The second-order valence-corrected chi connectivity index (χ2v) is 9.45. The van der Waals surface area contributed by atoms with Crippen LogP contribution in [-0.2, 0) is 16.1 Å². The van der Waals surface area contributed by atoms with E-state index in [9.17, 15) is 14.0 Å². The maximum atomic E-state index is 13.3. The van der Waals surface area contributed by atoms with Crippen LogP contribution in [0.2, 0.25) is 0 Å². The first-order chi connectivity index (χ1) is 15.1. The van der Waals surface area contributed by atoms with Gasteiger partial charge in [0.15, 0.2) is 6.61 Å². The van der Waals surface area contributed by atoms with Crippen LogP contribution < -0.4 is 10.1 Å². The fourth-order valence-electron chi connectivity index (χ4n) is 3.04.